The smallest absolute Gasteiger partial charge is 0.244 e. The molecule has 1 heterocycles. The third kappa shape index (κ3) is 4.05. The lowest BCUT2D eigenvalue weighted by Gasteiger charge is -2.22. The zero-order valence-corrected chi connectivity index (χ0v) is 14.0. The number of nitrogen functional groups attached to an aromatic ring is 1. The first-order valence-electron chi connectivity index (χ1n) is 7.09. The summed E-state index contributed by atoms with van der Waals surface area (Å²) < 4.78 is 33.4. The van der Waals surface area contributed by atoms with Crippen LogP contribution in [0.25, 0.3) is 0 Å². The zero-order valence-electron chi connectivity index (χ0n) is 12.4. The van der Waals surface area contributed by atoms with Gasteiger partial charge in [0, 0.05) is 17.5 Å². The molecule has 2 rings (SSSR count). The highest BCUT2D eigenvalue weighted by Crippen LogP contribution is 2.34. The molecule has 1 atom stereocenters. The fourth-order valence-electron chi connectivity index (χ4n) is 2.33. The van der Waals surface area contributed by atoms with Crippen molar-refractivity contribution in [2.45, 2.75) is 37.6 Å². The number of hydrogen-bond donors (Lipinski definition) is 2. The van der Waals surface area contributed by atoms with Crippen molar-refractivity contribution in [2.24, 2.45) is 0 Å². The van der Waals surface area contributed by atoms with Gasteiger partial charge in [-0.3, -0.25) is 0 Å². The normalized spacial score (nSPS) is 16.1. The molecular formula is C14H22N2O3S2. The Kier molecular flexibility index (Phi) is 5.40. The molecular weight excluding hydrogens is 308 g/mol. The molecule has 0 saturated heterocycles. The quantitative estimate of drug-likeness (QED) is 0.780. The van der Waals surface area contributed by atoms with E-state index in [1.54, 1.807) is 17.8 Å². The van der Waals surface area contributed by atoms with Crippen molar-refractivity contribution in [3.8, 4) is 5.75 Å². The van der Waals surface area contributed by atoms with Crippen LogP contribution in [0.5, 0.6) is 5.75 Å². The molecule has 7 heteroatoms. The summed E-state index contributed by atoms with van der Waals surface area (Å²) in [5, 5.41) is 0. The number of sulfonamides is 1. The second-order valence-corrected chi connectivity index (χ2v) is 8.14. The molecule has 1 aromatic rings. The number of rotatable bonds is 6. The van der Waals surface area contributed by atoms with E-state index in [1.165, 1.54) is 6.07 Å². The van der Waals surface area contributed by atoms with Crippen molar-refractivity contribution in [2.75, 3.05) is 23.8 Å². The number of aryl methyl sites for hydroxylation is 1. The summed E-state index contributed by atoms with van der Waals surface area (Å²) in [7, 11) is -3.62. The molecule has 1 aliphatic heterocycles. The summed E-state index contributed by atoms with van der Waals surface area (Å²) in [6.07, 6.45) is 1.68. The zero-order chi connectivity index (χ0) is 15.5. The molecule has 3 N–H and O–H groups in total. The Hall–Kier alpha value is -0.920. The van der Waals surface area contributed by atoms with Crippen LogP contribution in [0.4, 0.5) is 5.69 Å². The number of hydrogen-bond acceptors (Lipinski definition) is 5. The summed E-state index contributed by atoms with van der Waals surface area (Å²) in [6, 6.07) is 3.14. The van der Waals surface area contributed by atoms with E-state index in [0.717, 1.165) is 29.9 Å². The van der Waals surface area contributed by atoms with Crippen LogP contribution in [0.2, 0.25) is 0 Å². The van der Waals surface area contributed by atoms with Crippen LogP contribution in [0.1, 0.15) is 25.8 Å². The van der Waals surface area contributed by atoms with Gasteiger partial charge in [-0.15, -0.1) is 0 Å². The maximum absolute atomic E-state index is 12.6. The largest absolute Gasteiger partial charge is 0.492 e. The minimum Gasteiger partial charge on any atom is -0.492 e. The van der Waals surface area contributed by atoms with Gasteiger partial charge in [-0.1, -0.05) is 6.92 Å². The monoisotopic (exact) mass is 330 g/mol. The molecule has 1 aliphatic rings. The van der Waals surface area contributed by atoms with E-state index in [4.69, 9.17) is 10.5 Å². The molecule has 0 saturated carbocycles. The first-order chi connectivity index (χ1) is 9.94. The lowest BCUT2D eigenvalue weighted by Crippen LogP contribution is -2.35. The fourth-order valence-corrected chi connectivity index (χ4v) is 4.57. The van der Waals surface area contributed by atoms with Crippen molar-refractivity contribution in [1.82, 2.24) is 4.72 Å². The summed E-state index contributed by atoms with van der Waals surface area (Å²) in [5.41, 5.74) is 7.16. The number of anilines is 1. The maximum atomic E-state index is 12.6. The molecule has 0 aromatic heterocycles. The Morgan fingerprint density at radius 2 is 2.24 bits per heavy atom. The Balaban J connectivity index is 2.29. The SMILES string of the molecule is CCSCC(C)NS(=O)(=O)c1cc(N)cc2c1OCCC2. The van der Waals surface area contributed by atoms with Crippen LogP contribution in [-0.4, -0.2) is 32.6 Å². The number of nitrogens with two attached hydrogens (primary N) is 1. The molecule has 0 radical (unpaired) electrons. The topological polar surface area (TPSA) is 81.4 Å². The van der Waals surface area contributed by atoms with Gasteiger partial charge in [0.15, 0.2) is 0 Å². The second kappa shape index (κ2) is 6.89. The number of thioether (sulfide) groups is 1. The van der Waals surface area contributed by atoms with Gasteiger partial charge in [0.05, 0.1) is 6.61 Å². The molecule has 0 spiro atoms. The van der Waals surface area contributed by atoms with Crippen molar-refractivity contribution in [3.63, 3.8) is 0 Å². The third-order valence-corrected chi connectivity index (χ3v) is 5.95. The van der Waals surface area contributed by atoms with E-state index in [2.05, 4.69) is 4.72 Å². The van der Waals surface area contributed by atoms with E-state index in [0.29, 0.717) is 18.0 Å². The highest BCUT2D eigenvalue weighted by molar-refractivity contribution is 7.99. The summed E-state index contributed by atoms with van der Waals surface area (Å²) in [6.45, 7) is 4.45. The number of benzene rings is 1. The van der Waals surface area contributed by atoms with Gasteiger partial charge in [-0.25, -0.2) is 13.1 Å². The summed E-state index contributed by atoms with van der Waals surface area (Å²) in [4.78, 5) is 0.158. The standard InChI is InChI=1S/C14H22N2O3S2/c1-3-20-9-10(2)16-21(17,18)13-8-12(15)7-11-5-4-6-19-14(11)13/h7-8,10,16H,3-6,9,15H2,1-2H3. The van der Waals surface area contributed by atoms with Gasteiger partial charge in [0.2, 0.25) is 10.0 Å². The number of ether oxygens (including phenoxy) is 1. The van der Waals surface area contributed by atoms with Crippen LogP contribution in [0.15, 0.2) is 17.0 Å². The number of nitrogens with one attached hydrogen (secondary N) is 1. The first-order valence-corrected chi connectivity index (χ1v) is 9.73. The lowest BCUT2D eigenvalue weighted by atomic mass is 10.1. The maximum Gasteiger partial charge on any atom is 0.244 e. The Morgan fingerprint density at radius 1 is 1.48 bits per heavy atom. The predicted molar refractivity (Wildman–Crippen MR) is 87.5 cm³/mol. The minimum absolute atomic E-state index is 0.138. The van der Waals surface area contributed by atoms with Crippen molar-refractivity contribution >= 4 is 27.5 Å². The highest BCUT2D eigenvalue weighted by atomic mass is 32.2. The third-order valence-electron chi connectivity index (χ3n) is 3.21. The molecule has 0 bridgehead atoms. The summed E-state index contributed by atoms with van der Waals surface area (Å²) >= 11 is 1.70. The highest BCUT2D eigenvalue weighted by Gasteiger charge is 2.26. The molecule has 1 unspecified atom stereocenters. The van der Waals surface area contributed by atoms with Crippen LogP contribution in [0.3, 0.4) is 0 Å². The predicted octanol–water partition coefficient (Wildman–Crippen LogP) is 2.01. The van der Waals surface area contributed by atoms with Crippen LogP contribution < -0.4 is 15.2 Å². The average molecular weight is 330 g/mol. The van der Waals surface area contributed by atoms with Gasteiger partial charge < -0.3 is 10.5 Å². The summed E-state index contributed by atoms with van der Waals surface area (Å²) in [5.74, 6) is 2.16. The van der Waals surface area contributed by atoms with E-state index in [1.807, 2.05) is 13.8 Å². The average Bonchev–Trinajstić information content (AvgIpc) is 2.43. The lowest BCUT2D eigenvalue weighted by molar-refractivity contribution is 0.280. The Labute approximate surface area is 130 Å². The van der Waals surface area contributed by atoms with Crippen LogP contribution in [0, 0.1) is 0 Å². The molecule has 0 aliphatic carbocycles. The Bertz CT molecular complexity index is 602. The molecule has 118 valence electrons. The van der Waals surface area contributed by atoms with Gasteiger partial charge >= 0.3 is 0 Å². The fraction of sp³-hybridized carbons (Fsp3) is 0.571. The Morgan fingerprint density at radius 3 is 2.95 bits per heavy atom. The molecule has 21 heavy (non-hydrogen) atoms. The molecule has 0 amide bonds. The minimum atomic E-state index is -3.62. The second-order valence-electron chi connectivity index (χ2n) is 5.14. The van der Waals surface area contributed by atoms with Crippen LogP contribution in [-0.2, 0) is 16.4 Å². The van der Waals surface area contributed by atoms with E-state index in [9.17, 15) is 8.42 Å². The van der Waals surface area contributed by atoms with E-state index in [-0.39, 0.29) is 10.9 Å². The van der Waals surface area contributed by atoms with E-state index < -0.39 is 10.0 Å². The van der Waals surface area contributed by atoms with Crippen LogP contribution >= 0.6 is 11.8 Å². The molecule has 1 aromatic carbocycles. The molecule has 0 fully saturated rings. The van der Waals surface area contributed by atoms with E-state index >= 15 is 0 Å². The van der Waals surface area contributed by atoms with Crippen molar-refractivity contribution in [1.29, 1.82) is 0 Å². The van der Waals surface area contributed by atoms with Gasteiger partial charge in [0.1, 0.15) is 10.6 Å². The van der Waals surface area contributed by atoms with Gasteiger partial charge in [-0.05, 0) is 43.2 Å². The first kappa shape index (κ1) is 16.5. The van der Waals surface area contributed by atoms with Crippen molar-refractivity contribution in [3.05, 3.63) is 17.7 Å². The van der Waals surface area contributed by atoms with Gasteiger partial charge in [0.25, 0.3) is 0 Å². The van der Waals surface area contributed by atoms with Gasteiger partial charge in [-0.2, -0.15) is 11.8 Å². The number of fused-ring (bicyclic) bond motifs is 1. The van der Waals surface area contributed by atoms with Crippen molar-refractivity contribution < 1.29 is 13.2 Å². The molecule has 5 nitrogen and oxygen atoms in total.